The van der Waals surface area contributed by atoms with Gasteiger partial charge in [0.25, 0.3) is 0 Å². The van der Waals surface area contributed by atoms with E-state index in [1.807, 2.05) is 0 Å². The first-order valence-electron chi connectivity index (χ1n) is 0.850. The molecule has 0 spiro atoms. The van der Waals surface area contributed by atoms with Gasteiger partial charge in [0.2, 0.25) is 0 Å². The summed E-state index contributed by atoms with van der Waals surface area (Å²) in [6, 6.07) is 0. The summed E-state index contributed by atoms with van der Waals surface area (Å²) in [6.45, 7) is 0. The van der Waals surface area contributed by atoms with Gasteiger partial charge in [-0.1, -0.05) is 0 Å². The van der Waals surface area contributed by atoms with Gasteiger partial charge >= 0.3 is 58.6 Å². The van der Waals surface area contributed by atoms with Crippen LogP contribution in [0.25, 0.3) is 0 Å². The van der Waals surface area contributed by atoms with E-state index in [2.05, 4.69) is 5.64 Å². The second-order valence-corrected chi connectivity index (χ2v) is 0.414. The van der Waals surface area contributed by atoms with E-state index in [0.29, 0.717) is 0 Å². The molecule has 0 aliphatic rings. The predicted octanol–water partition coefficient (Wildman–Crippen LogP) is -4.97. The summed E-state index contributed by atoms with van der Waals surface area (Å²) >= 11 is 0. The van der Waals surface area contributed by atoms with Gasteiger partial charge in [-0.05, 0) is 0 Å². The molecule has 0 aliphatic heterocycles. The maximum atomic E-state index is 7.39. The fourth-order valence-electron chi connectivity index (χ4n) is 0. The largest absolute Gasteiger partial charge is 1.00 e. The summed E-state index contributed by atoms with van der Waals surface area (Å²) in [7, 11) is -1.67. The zero-order chi connectivity index (χ0) is 3.58. The number of nitrogens with two attached hydrogens (primary N) is 1. The summed E-state index contributed by atoms with van der Waals surface area (Å²) in [6.07, 6.45) is 0. The van der Waals surface area contributed by atoms with E-state index in [-0.39, 0.29) is 52.8 Å². The number of hydrogen-bond acceptors (Lipinski definition) is 3. The zero-order valence-electron chi connectivity index (χ0n) is 4.05. The maximum Gasteiger partial charge on any atom is 1.00 e. The van der Waals surface area contributed by atoms with Crippen LogP contribution in [-0.4, -0.2) is 17.3 Å². The van der Waals surface area contributed by atoms with Gasteiger partial charge in [0.1, 0.15) is 0 Å². The van der Waals surface area contributed by atoms with Crippen LogP contribution < -0.4 is 57.0 Å². The molecular weight excluding hydrogens is 95.9 g/mol. The van der Waals surface area contributed by atoms with Gasteiger partial charge in [0.05, 0.1) is 0 Å². The molecule has 0 amide bonds. The van der Waals surface area contributed by atoms with Crippen molar-refractivity contribution in [1.29, 1.82) is 0 Å². The Bertz CT molecular complexity index is 18.3. The van der Waals surface area contributed by atoms with Crippen molar-refractivity contribution in [2.45, 2.75) is 0 Å². The topological polar surface area (TPSA) is 66.5 Å². The predicted molar refractivity (Wildman–Crippen MR) is 15.5 cm³/mol. The average Bonchev–Trinajstić information content (AvgIpc) is 0.811. The number of rotatable bonds is 0. The van der Waals surface area contributed by atoms with Gasteiger partial charge in [-0.25, -0.2) is 0 Å². The first-order valence-corrected chi connectivity index (χ1v) is 0.850. The van der Waals surface area contributed by atoms with Crippen molar-refractivity contribution in [2.24, 2.45) is 5.64 Å². The Hall–Kier alpha value is 1.58. The monoisotopic (exact) mass is 101 g/mol. The molecule has 0 aliphatic carbocycles. The van der Waals surface area contributed by atoms with Crippen LogP contribution >= 0.6 is 0 Å². The van der Waals surface area contributed by atoms with Crippen LogP contribution in [0.1, 0.15) is 1.43 Å². The summed E-state index contributed by atoms with van der Waals surface area (Å²) in [4.78, 5) is 0. The van der Waals surface area contributed by atoms with Crippen molar-refractivity contribution in [3.05, 3.63) is 0 Å². The third-order valence-corrected chi connectivity index (χ3v) is 0. The van der Waals surface area contributed by atoms with Crippen molar-refractivity contribution in [3.63, 3.8) is 0 Å². The summed E-state index contributed by atoms with van der Waals surface area (Å²) in [5.74, 6) is 0. The molecule has 0 saturated heterocycles. The van der Waals surface area contributed by atoms with E-state index < -0.39 is 7.25 Å². The molecule has 0 fully saturated rings. The van der Waals surface area contributed by atoms with E-state index in [1.165, 1.54) is 0 Å². The van der Waals surface area contributed by atoms with Gasteiger partial charge < -0.3 is 17.1 Å². The van der Waals surface area contributed by atoms with Crippen LogP contribution in [-0.2, 0) is 0 Å². The zero-order valence-corrected chi connectivity index (χ0v) is 6.17. The normalized spacial score (nSPS) is 5.40. The molecule has 0 unspecified atom stereocenters. The Morgan fingerprint density at radius 2 is 1.60 bits per heavy atom. The van der Waals surface area contributed by atoms with Crippen LogP contribution in [0.5, 0.6) is 0 Å². The standard InChI is InChI=1S/BH4NO2.K.H/c2-1(3)4;;/h3-4H,2H2;;/q;+1;-1. The Kier molecular flexibility index (Phi) is 10.9. The summed E-state index contributed by atoms with van der Waals surface area (Å²) in [5, 5.41) is 14.8. The average molecular weight is 101 g/mol. The molecule has 5 heavy (non-hydrogen) atoms. The Morgan fingerprint density at radius 3 is 1.60 bits per heavy atom. The van der Waals surface area contributed by atoms with Crippen molar-refractivity contribution in [1.82, 2.24) is 0 Å². The Morgan fingerprint density at radius 1 is 1.60 bits per heavy atom. The Labute approximate surface area is 74.6 Å². The van der Waals surface area contributed by atoms with Gasteiger partial charge in [0.15, 0.2) is 0 Å². The fourth-order valence-corrected chi connectivity index (χ4v) is 0. The van der Waals surface area contributed by atoms with Crippen LogP contribution in [0.2, 0.25) is 0 Å². The fraction of sp³-hybridized carbons (Fsp3) is 0. The SMILES string of the molecule is NB(O)O.[H-].[K+]. The minimum Gasteiger partial charge on any atom is -1.00 e. The van der Waals surface area contributed by atoms with E-state index >= 15 is 0 Å². The third kappa shape index (κ3) is 28.6. The molecule has 0 radical (unpaired) electrons. The number of hydrogen-bond donors (Lipinski definition) is 3. The van der Waals surface area contributed by atoms with Gasteiger partial charge in [-0.15, -0.1) is 0 Å². The summed E-state index contributed by atoms with van der Waals surface area (Å²) in [5.41, 5.74) is 4.22. The minimum absolute atomic E-state index is 0. The molecule has 0 aromatic heterocycles. The van der Waals surface area contributed by atoms with Gasteiger partial charge in [-0.3, -0.25) is 0 Å². The molecule has 0 aromatic rings. The van der Waals surface area contributed by atoms with E-state index in [1.54, 1.807) is 0 Å². The van der Waals surface area contributed by atoms with E-state index in [0.717, 1.165) is 0 Å². The maximum absolute atomic E-state index is 7.39. The van der Waals surface area contributed by atoms with Crippen LogP contribution in [0.15, 0.2) is 0 Å². The molecule has 3 nitrogen and oxygen atoms in total. The Balaban J connectivity index is -0.0000000450. The van der Waals surface area contributed by atoms with Crippen LogP contribution in [0.4, 0.5) is 0 Å². The smallest absolute Gasteiger partial charge is 1.00 e. The van der Waals surface area contributed by atoms with E-state index in [9.17, 15) is 0 Å². The van der Waals surface area contributed by atoms with Crippen molar-refractivity contribution >= 4 is 7.25 Å². The van der Waals surface area contributed by atoms with Gasteiger partial charge in [-0.2, -0.15) is 0 Å². The van der Waals surface area contributed by atoms with Crippen molar-refractivity contribution in [3.8, 4) is 0 Å². The molecular formula is H5BKNO2. The molecule has 0 rings (SSSR count). The molecule has 5 heteroatoms. The minimum atomic E-state index is -1.67. The molecule has 26 valence electrons. The molecule has 0 saturated carbocycles. The van der Waals surface area contributed by atoms with Gasteiger partial charge in [0, 0.05) is 0 Å². The molecule has 0 bridgehead atoms. The van der Waals surface area contributed by atoms with Crippen molar-refractivity contribution < 1.29 is 62.9 Å². The quantitative estimate of drug-likeness (QED) is 0.268. The molecule has 0 heterocycles. The van der Waals surface area contributed by atoms with Crippen LogP contribution in [0, 0.1) is 0 Å². The second kappa shape index (κ2) is 5.58. The molecule has 0 atom stereocenters. The molecule has 4 N–H and O–H groups in total. The van der Waals surface area contributed by atoms with Crippen molar-refractivity contribution in [2.75, 3.05) is 0 Å². The first-order chi connectivity index (χ1) is 1.73. The first kappa shape index (κ1) is 9.77. The van der Waals surface area contributed by atoms with Crippen LogP contribution in [0.3, 0.4) is 0 Å². The third-order valence-electron chi connectivity index (χ3n) is 0. The van der Waals surface area contributed by atoms with E-state index in [4.69, 9.17) is 10.0 Å². The summed E-state index contributed by atoms with van der Waals surface area (Å²) < 4.78 is 0. The molecule has 0 aromatic carbocycles. The second-order valence-electron chi connectivity index (χ2n) is 0.414.